The number of fused-ring (bicyclic) bond motifs is 1. The monoisotopic (exact) mass is 383 g/mol. The minimum atomic E-state index is -1.17. The summed E-state index contributed by atoms with van der Waals surface area (Å²) in [6.07, 6.45) is 7.91. The minimum Gasteiger partial charge on any atom is -0.462 e. The van der Waals surface area contributed by atoms with Gasteiger partial charge < -0.3 is 14.4 Å². The van der Waals surface area contributed by atoms with Crippen molar-refractivity contribution in [1.29, 1.82) is 0 Å². The first kappa shape index (κ1) is 20.4. The summed E-state index contributed by atoms with van der Waals surface area (Å²) in [6, 6.07) is 0. The Balaban J connectivity index is 1.94. The van der Waals surface area contributed by atoms with Crippen LogP contribution in [0.25, 0.3) is 5.57 Å². The Morgan fingerprint density at radius 2 is 2.00 bits per heavy atom. The van der Waals surface area contributed by atoms with E-state index in [9.17, 15) is 14.7 Å². The maximum Gasteiger partial charge on any atom is 0.338 e. The fraction of sp³-hybridized carbons (Fsp3) is 0.565. The predicted octanol–water partition coefficient (Wildman–Crippen LogP) is 2.96. The van der Waals surface area contributed by atoms with Crippen molar-refractivity contribution in [1.82, 2.24) is 4.57 Å². The Hall–Kier alpha value is -2.32. The van der Waals surface area contributed by atoms with Crippen molar-refractivity contribution in [2.45, 2.75) is 64.9 Å². The summed E-state index contributed by atoms with van der Waals surface area (Å²) >= 11 is 0. The highest BCUT2D eigenvalue weighted by atomic mass is 16.5. The van der Waals surface area contributed by atoms with Gasteiger partial charge in [0.15, 0.2) is 0 Å². The van der Waals surface area contributed by atoms with Crippen LogP contribution in [-0.2, 0) is 23.0 Å². The molecule has 0 radical (unpaired) electrons. The van der Waals surface area contributed by atoms with E-state index in [0.717, 1.165) is 18.4 Å². The number of esters is 1. The zero-order valence-corrected chi connectivity index (χ0v) is 17.2. The molecule has 1 fully saturated rings. The smallest absolute Gasteiger partial charge is 0.338 e. The molecule has 0 amide bonds. The molecule has 1 N–H and O–H groups in total. The molecule has 150 valence electrons. The number of aryl methyl sites for hydroxylation is 1. The highest BCUT2D eigenvalue weighted by Gasteiger charge is 2.31. The van der Waals surface area contributed by atoms with E-state index in [2.05, 4.69) is 11.8 Å². The van der Waals surface area contributed by atoms with Crippen molar-refractivity contribution in [3.63, 3.8) is 0 Å². The fourth-order valence-corrected chi connectivity index (χ4v) is 4.03. The number of hydrogen-bond donors (Lipinski definition) is 1. The van der Waals surface area contributed by atoms with Gasteiger partial charge in [0.25, 0.3) is 5.56 Å². The molecule has 0 atom stereocenters. The van der Waals surface area contributed by atoms with Gasteiger partial charge in [-0.05, 0) is 39.5 Å². The summed E-state index contributed by atoms with van der Waals surface area (Å²) in [7, 11) is 1.67. The number of aliphatic hydroxyl groups is 1. The molecule has 28 heavy (non-hydrogen) atoms. The lowest BCUT2D eigenvalue weighted by Gasteiger charge is -2.21. The number of pyridine rings is 1. The molecule has 3 rings (SSSR count). The molecule has 5 heteroatoms. The third kappa shape index (κ3) is 4.39. The number of ether oxygens (including phenoxy) is 1. The third-order valence-corrected chi connectivity index (χ3v) is 5.47. The van der Waals surface area contributed by atoms with E-state index in [4.69, 9.17) is 4.74 Å². The van der Waals surface area contributed by atoms with Gasteiger partial charge in [0.1, 0.15) is 5.60 Å². The zero-order valence-electron chi connectivity index (χ0n) is 17.2. The van der Waals surface area contributed by atoms with E-state index in [0.29, 0.717) is 41.2 Å². The van der Waals surface area contributed by atoms with Gasteiger partial charge in [0.2, 0.25) is 0 Å². The van der Waals surface area contributed by atoms with Crippen LogP contribution in [0, 0.1) is 17.8 Å². The van der Waals surface area contributed by atoms with Crippen LogP contribution in [0.3, 0.4) is 0 Å². The Morgan fingerprint density at radius 3 is 2.64 bits per heavy atom. The molecule has 2 aliphatic carbocycles. The summed E-state index contributed by atoms with van der Waals surface area (Å²) in [5, 5.41) is 9.96. The van der Waals surface area contributed by atoms with Crippen molar-refractivity contribution in [3.8, 4) is 11.8 Å². The van der Waals surface area contributed by atoms with Gasteiger partial charge in [0, 0.05) is 36.4 Å². The molecule has 1 aromatic heterocycles. The van der Waals surface area contributed by atoms with Gasteiger partial charge in [-0.1, -0.05) is 36.7 Å². The van der Waals surface area contributed by atoms with Gasteiger partial charge >= 0.3 is 5.97 Å². The average Bonchev–Trinajstić information content (AvgIpc) is 2.99. The molecule has 1 saturated carbocycles. The van der Waals surface area contributed by atoms with Crippen LogP contribution in [0.1, 0.15) is 69.6 Å². The van der Waals surface area contributed by atoms with Crippen molar-refractivity contribution in [2.75, 3.05) is 6.61 Å². The summed E-state index contributed by atoms with van der Waals surface area (Å²) < 4.78 is 7.14. The first-order chi connectivity index (χ1) is 13.2. The molecule has 0 aromatic carbocycles. The molecule has 0 saturated heterocycles. The van der Waals surface area contributed by atoms with Gasteiger partial charge in [-0.25, -0.2) is 4.79 Å². The third-order valence-electron chi connectivity index (χ3n) is 5.47. The van der Waals surface area contributed by atoms with Gasteiger partial charge in [-0.2, -0.15) is 0 Å². The lowest BCUT2D eigenvalue weighted by Crippen LogP contribution is -2.23. The molecule has 1 heterocycles. The number of hydrogen-bond acceptors (Lipinski definition) is 4. The second kappa shape index (κ2) is 7.97. The van der Waals surface area contributed by atoms with Crippen LogP contribution in [0.15, 0.2) is 16.6 Å². The summed E-state index contributed by atoms with van der Waals surface area (Å²) in [5.74, 6) is 5.80. The number of carbonyl (C=O) groups excluding carboxylic acids is 1. The van der Waals surface area contributed by atoms with E-state index in [1.807, 2.05) is 6.92 Å². The van der Waals surface area contributed by atoms with Gasteiger partial charge in [-0.15, -0.1) is 0 Å². The van der Waals surface area contributed by atoms with Crippen molar-refractivity contribution in [3.05, 3.63) is 38.8 Å². The van der Waals surface area contributed by atoms with Gasteiger partial charge in [0.05, 0.1) is 12.2 Å². The van der Waals surface area contributed by atoms with E-state index < -0.39 is 5.60 Å². The largest absolute Gasteiger partial charge is 0.462 e. The predicted molar refractivity (Wildman–Crippen MR) is 109 cm³/mol. The molecule has 0 spiro atoms. The quantitative estimate of drug-likeness (QED) is 0.644. The topological polar surface area (TPSA) is 68.5 Å². The summed E-state index contributed by atoms with van der Waals surface area (Å²) in [4.78, 5) is 25.5. The first-order valence-corrected chi connectivity index (χ1v) is 10.0. The molecule has 5 nitrogen and oxygen atoms in total. The lowest BCUT2D eigenvalue weighted by atomic mass is 9.90. The van der Waals surface area contributed by atoms with Crippen LogP contribution >= 0.6 is 0 Å². The number of carbonyl (C=O) groups is 1. The van der Waals surface area contributed by atoms with E-state index in [1.165, 1.54) is 23.8 Å². The standard InChI is InChI=1S/C23H29NO4/c1-15-12-18-20(17(10-11-23(2,3)27)13-24(4)21(18)25)19(15)22(26)28-14-16-8-6-5-7-9-16/h13,16,27H,5-9,12,14H2,1-4H3. The van der Waals surface area contributed by atoms with Crippen LogP contribution in [-0.4, -0.2) is 27.9 Å². The van der Waals surface area contributed by atoms with Gasteiger partial charge in [-0.3, -0.25) is 4.79 Å². The molecule has 1 aromatic rings. The van der Waals surface area contributed by atoms with E-state index in [1.54, 1.807) is 27.1 Å². The maximum atomic E-state index is 12.9. The molecular weight excluding hydrogens is 354 g/mol. The minimum absolute atomic E-state index is 0.127. The Bertz CT molecular complexity index is 928. The highest BCUT2D eigenvalue weighted by molar-refractivity contribution is 6.19. The SMILES string of the molecule is CC1=C(C(=O)OCC2CCCCC2)c2c(C#CC(C)(C)O)cn(C)c(=O)c2C1. The molecule has 0 unspecified atom stereocenters. The number of allylic oxidation sites excluding steroid dienone is 1. The summed E-state index contributed by atoms with van der Waals surface area (Å²) in [6.45, 7) is 5.50. The van der Waals surface area contributed by atoms with Crippen LogP contribution in [0.5, 0.6) is 0 Å². The highest BCUT2D eigenvalue weighted by Crippen LogP contribution is 2.34. The van der Waals surface area contributed by atoms with Crippen molar-refractivity contribution < 1.29 is 14.6 Å². The Kier molecular flexibility index (Phi) is 5.81. The Labute approximate surface area is 166 Å². The zero-order chi connectivity index (χ0) is 20.5. The Morgan fingerprint density at radius 1 is 1.32 bits per heavy atom. The van der Waals surface area contributed by atoms with Crippen LogP contribution in [0.2, 0.25) is 0 Å². The van der Waals surface area contributed by atoms with Crippen LogP contribution < -0.4 is 5.56 Å². The van der Waals surface area contributed by atoms with Crippen LogP contribution in [0.4, 0.5) is 0 Å². The van der Waals surface area contributed by atoms with E-state index in [-0.39, 0.29) is 11.5 Å². The fourth-order valence-electron chi connectivity index (χ4n) is 4.03. The van der Waals surface area contributed by atoms with Crippen molar-refractivity contribution >= 4 is 11.5 Å². The molecular formula is C23H29NO4. The normalized spacial score (nSPS) is 17.2. The molecule has 0 aliphatic heterocycles. The average molecular weight is 383 g/mol. The second-order valence-electron chi connectivity index (χ2n) is 8.56. The van der Waals surface area contributed by atoms with Crippen molar-refractivity contribution in [2.24, 2.45) is 13.0 Å². The molecule has 0 bridgehead atoms. The summed E-state index contributed by atoms with van der Waals surface area (Å²) in [5.41, 5.74) is 1.72. The second-order valence-corrected chi connectivity index (χ2v) is 8.56. The lowest BCUT2D eigenvalue weighted by molar-refractivity contribution is -0.138. The molecule has 2 aliphatic rings. The van der Waals surface area contributed by atoms with E-state index >= 15 is 0 Å². The maximum absolute atomic E-state index is 12.9. The number of aromatic nitrogens is 1. The number of rotatable bonds is 3. The number of nitrogens with zero attached hydrogens (tertiary/aromatic N) is 1. The first-order valence-electron chi connectivity index (χ1n) is 10.0.